The number of nitrogens with zero attached hydrogens (tertiary/aromatic N) is 2. The van der Waals surface area contributed by atoms with Crippen LogP contribution in [0.1, 0.15) is 64.2 Å². The molecule has 0 bridgehead atoms. The molecular weight excluding hydrogens is 638 g/mol. The lowest BCUT2D eigenvalue weighted by atomic mass is 10.00. The van der Waals surface area contributed by atoms with Crippen LogP contribution in [0.4, 0.5) is 8.78 Å². The number of hydrogen-bond donors (Lipinski definition) is 4. The van der Waals surface area contributed by atoms with Gasteiger partial charge >= 0.3 is 0 Å². The van der Waals surface area contributed by atoms with Gasteiger partial charge in [-0.1, -0.05) is 30.3 Å². The van der Waals surface area contributed by atoms with E-state index in [-0.39, 0.29) is 58.0 Å². The molecule has 254 valence electrons. The molecule has 1 saturated heterocycles. The predicted octanol–water partition coefficient (Wildman–Crippen LogP) is 4.09. The van der Waals surface area contributed by atoms with Gasteiger partial charge < -0.3 is 30.9 Å². The molecular formula is C35H40F2N6O4S. The van der Waals surface area contributed by atoms with Crippen molar-refractivity contribution >= 4 is 34.9 Å². The lowest BCUT2D eigenvalue weighted by Crippen LogP contribution is -2.51. The van der Waals surface area contributed by atoms with Gasteiger partial charge in [0.05, 0.1) is 19.2 Å². The van der Waals surface area contributed by atoms with Crippen LogP contribution in [0.2, 0.25) is 0 Å². The topological polar surface area (TPSA) is 141 Å². The molecule has 3 unspecified atom stereocenters. The summed E-state index contributed by atoms with van der Waals surface area (Å²) in [6.07, 6.45) is 2.00. The van der Waals surface area contributed by atoms with Crippen molar-refractivity contribution in [1.82, 2.24) is 20.4 Å². The Morgan fingerprint density at radius 1 is 1.10 bits per heavy atom. The van der Waals surface area contributed by atoms with Crippen LogP contribution in [0.15, 0.2) is 53.9 Å². The third-order valence-corrected chi connectivity index (χ3v) is 10.7. The molecule has 48 heavy (non-hydrogen) atoms. The van der Waals surface area contributed by atoms with E-state index >= 15 is 8.78 Å². The van der Waals surface area contributed by atoms with E-state index < -0.39 is 23.8 Å². The Morgan fingerprint density at radius 3 is 2.58 bits per heavy atom. The largest absolute Gasteiger partial charge is 0.384 e. The van der Waals surface area contributed by atoms with E-state index in [0.717, 1.165) is 17.8 Å². The number of ether oxygens (including phenoxy) is 1. The van der Waals surface area contributed by atoms with Crippen molar-refractivity contribution in [3.63, 3.8) is 0 Å². The molecule has 2 fully saturated rings. The molecule has 1 aromatic heterocycles. The Bertz CT molecular complexity index is 1760. The highest BCUT2D eigenvalue weighted by molar-refractivity contribution is 7.10. The molecule has 13 heteroatoms. The number of nitrogen functional groups attached to an aromatic ring is 1. The molecule has 10 nitrogen and oxygen atoms in total. The van der Waals surface area contributed by atoms with Gasteiger partial charge in [0.15, 0.2) is 0 Å². The number of nitrogens with two attached hydrogens (primary N) is 1. The molecule has 1 saturated carbocycles. The zero-order valence-corrected chi connectivity index (χ0v) is 28.0. The minimum Gasteiger partial charge on any atom is -0.384 e. The number of benzene rings is 2. The van der Waals surface area contributed by atoms with Crippen LogP contribution in [0, 0.1) is 10.8 Å². The minimum atomic E-state index is -3.16. The second-order valence-electron chi connectivity index (χ2n) is 13.3. The highest BCUT2D eigenvalue weighted by Crippen LogP contribution is 2.59. The van der Waals surface area contributed by atoms with E-state index in [4.69, 9.17) is 15.9 Å². The van der Waals surface area contributed by atoms with E-state index in [1.165, 1.54) is 35.6 Å². The summed E-state index contributed by atoms with van der Waals surface area (Å²) in [5, 5.41) is 15.1. The first-order valence-corrected chi connectivity index (χ1v) is 16.9. The second kappa shape index (κ2) is 13.0. The Balaban J connectivity index is 1.14. The fraction of sp³-hybridized carbons (Fsp3) is 0.429. The number of hydrogen-bond acceptors (Lipinski definition) is 7. The fourth-order valence-corrected chi connectivity index (χ4v) is 7.86. The average molecular weight is 679 g/mol. The summed E-state index contributed by atoms with van der Waals surface area (Å²) < 4.78 is 36.1. The molecule has 1 aliphatic heterocycles. The molecule has 2 aliphatic carbocycles. The molecule has 2 heterocycles. The number of fused-ring (bicyclic) bond motifs is 4. The van der Waals surface area contributed by atoms with Gasteiger partial charge in [0, 0.05) is 50.6 Å². The van der Waals surface area contributed by atoms with Gasteiger partial charge in [-0.15, -0.1) is 11.3 Å². The number of halogens is 2. The first-order valence-electron chi connectivity index (χ1n) is 16.0. The Morgan fingerprint density at radius 2 is 1.85 bits per heavy atom. The second-order valence-corrected chi connectivity index (χ2v) is 14.2. The quantitative estimate of drug-likeness (QED) is 0.122. The van der Waals surface area contributed by atoms with Crippen LogP contribution >= 0.6 is 11.3 Å². The van der Waals surface area contributed by atoms with Crippen molar-refractivity contribution in [2.75, 3.05) is 40.4 Å². The molecule has 0 spiro atoms. The van der Waals surface area contributed by atoms with Gasteiger partial charge in [-0.3, -0.25) is 19.8 Å². The van der Waals surface area contributed by atoms with Crippen molar-refractivity contribution in [3.05, 3.63) is 81.0 Å². The third kappa shape index (κ3) is 6.34. The highest BCUT2D eigenvalue weighted by atomic mass is 32.1. The Hall–Kier alpha value is -4.20. The SMILES string of the molecule is C[C@@H](NC(=O)C1CC2(COCCCN(C)C)CC2N1C(=O)CNC(=O)c1ccc2c(c1)-c1ccccc1C2(F)F)c1cc(C(=N)N)cs1. The molecule has 5 N–H and O–H groups in total. The summed E-state index contributed by atoms with van der Waals surface area (Å²) >= 11 is 1.39. The molecule has 3 aliphatic rings. The van der Waals surface area contributed by atoms with E-state index in [1.54, 1.807) is 34.5 Å². The van der Waals surface area contributed by atoms with Gasteiger partial charge in [0.2, 0.25) is 11.8 Å². The summed E-state index contributed by atoms with van der Waals surface area (Å²) in [6, 6.07) is 10.7. The first-order chi connectivity index (χ1) is 22.8. The number of likely N-dealkylation sites (tertiary alicyclic amines) is 1. The number of amidine groups is 1. The number of carbonyl (C=O) groups excluding carboxylic acids is 3. The summed E-state index contributed by atoms with van der Waals surface area (Å²) in [5.41, 5.74) is 6.41. The van der Waals surface area contributed by atoms with Crippen molar-refractivity contribution in [3.8, 4) is 11.1 Å². The van der Waals surface area contributed by atoms with Crippen LogP contribution in [0.25, 0.3) is 11.1 Å². The molecule has 3 amide bonds. The van der Waals surface area contributed by atoms with Crippen molar-refractivity contribution in [2.45, 2.75) is 50.2 Å². The average Bonchev–Trinajstić information content (AvgIpc) is 3.33. The zero-order chi connectivity index (χ0) is 34.4. The number of thiophene rings is 1. The maximum Gasteiger partial charge on any atom is 0.299 e. The van der Waals surface area contributed by atoms with Crippen molar-refractivity contribution < 1.29 is 27.9 Å². The Labute approximate surface area is 282 Å². The molecule has 3 aromatic rings. The molecule has 6 rings (SSSR count). The number of alkyl halides is 2. The minimum absolute atomic E-state index is 0.0547. The third-order valence-electron chi connectivity index (χ3n) is 9.58. The number of piperidine rings is 1. The normalized spacial score (nSPS) is 22.1. The highest BCUT2D eigenvalue weighted by Gasteiger charge is 2.67. The smallest absolute Gasteiger partial charge is 0.299 e. The molecule has 0 radical (unpaired) electrons. The summed E-state index contributed by atoms with van der Waals surface area (Å²) in [7, 11) is 4.00. The van der Waals surface area contributed by atoms with Crippen LogP contribution in [0.3, 0.4) is 0 Å². The summed E-state index contributed by atoms with van der Waals surface area (Å²) in [5.74, 6) is -4.50. The number of carbonyl (C=O) groups is 3. The van der Waals surface area contributed by atoms with Crippen molar-refractivity contribution in [1.29, 1.82) is 5.41 Å². The van der Waals surface area contributed by atoms with E-state index in [9.17, 15) is 14.4 Å². The van der Waals surface area contributed by atoms with Gasteiger partial charge in [-0.2, -0.15) is 8.78 Å². The van der Waals surface area contributed by atoms with Crippen LogP contribution in [-0.2, 0) is 20.2 Å². The maximum atomic E-state index is 15.0. The monoisotopic (exact) mass is 678 g/mol. The predicted molar refractivity (Wildman–Crippen MR) is 179 cm³/mol. The van der Waals surface area contributed by atoms with E-state index in [0.29, 0.717) is 37.2 Å². The van der Waals surface area contributed by atoms with Crippen molar-refractivity contribution in [2.24, 2.45) is 11.1 Å². The van der Waals surface area contributed by atoms with Gasteiger partial charge in [0.1, 0.15) is 11.9 Å². The summed E-state index contributed by atoms with van der Waals surface area (Å²) in [6.45, 7) is 3.36. The van der Waals surface area contributed by atoms with Crippen LogP contribution in [0.5, 0.6) is 0 Å². The van der Waals surface area contributed by atoms with Gasteiger partial charge in [-0.05, 0) is 76.2 Å². The van der Waals surface area contributed by atoms with E-state index in [2.05, 4.69) is 15.5 Å². The summed E-state index contributed by atoms with van der Waals surface area (Å²) in [4.78, 5) is 45.2. The standard InChI is InChI=1S/C35H40F2N6O4S/c1-20(28-14-22(18-48-28)31(38)39)41-33(46)27-15-34(19-47-12-6-11-42(2)3)16-29(34)43(27)30(44)17-40-32(45)21-9-10-26-24(13-21)23-7-4-5-8-25(23)35(26,36)37/h4-5,7-10,13-14,18,20,27,29H,6,11-12,15-17,19H2,1-3H3,(H3,38,39)(H,40,45)(H,41,46)/t20-,27?,29?,34?/m1/s1. The maximum absolute atomic E-state index is 15.0. The Kier molecular flexibility index (Phi) is 9.14. The van der Waals surface area contributed by atoms with Crippen LogP contribution in [-0.4, -0.2) is 85.8 Å². The van der Waals surface area contributed by atoms with E-state index in [1.807, 2.05) is 21.0 Å². The number of nitrogens with one attached hydrogen (secondary N) is 3. The lowest BCUT2D eigenvalue weighted by Gasteiger charge is -2.28. The number of rotatable bonds is 13. The molecule has 4 atom stereocenters. The van der Waals surface area contributed by atoms with Gasteiger partial charge in [0.25, 0.3) is 11.8 Å². The molecule has 2 aromatic carbocycles. The van der Waals surface area contributed by atoms with Gasteiger partial charge in [-0.25, -0.2) is 0 Å². The number of amides is 3. The van der Waals surface area contributed by atoms with Crippen LogP contribution < -0.4 is 16.4 Å². The fourth-order valence-electron chi connectivity index (χ4n) is 6.95. The lowest BCUT2D eigenvalue weighted by molar-refractivity contribution is -0.139. The first kappa shape index (κ1) is 33.7. The zero-order valence-electron chi connectivity index (χ0n) is 27.1.